The minimum absolute atomic E-state index is 0.0451. The number of hydrogen-bond acceptors (Lipinski definition) is 6. The van der Waals surface area contributed by atoms with Crippen LogP contribution in [0.1, 0.15) is 26.8 Å². The summed E-state index contributed by atoms with van der Waals surface area (Å²) in [5.74, 6) is -0.0528. The van der Waals surface area contributed by atoms with Crippen LogP contribution in [0.2, 0.25) is 0 Å². The third-order valence-electron chi connectivity index (χ3n) is 3.12. The summed E-state index contributed by atoms with van der Waals surface area (Å²) in [4.78, 5) is 30.9. The van der Waals surface area contributed by atoms with Crippen molar-refractivity contribution in [3.63, 3.8) is 0 Å². The molecule has 0 atom stereocenters. The average molecular weight is 327 g/mol. The molecule has 24 heavy (non-hydrogen) atoms. The van der Waals surface area contributed by atoms with Crippen LogP contribution in [-0.4, -0.2) is 43.7 Å². The zero-order valence-electron chi connectivity index (χ0n) is 12.4. The topological polar surface area (TPSA) is 134 Å². The van der Waals surface area contributed by atoms with E-state index in [9.17, 15) is 9.59 Å². The molecule has 1 amide bonds. The molecule has 9 heteroatoms. The zero-order chi connectivity index (χ0) is 16.9. The molecule has 0 unspecified atom stereocenters. The van der Waals surface area contributed by atoms with Gasteiger partial charge in [-0.25, -0.2) is 14.8 Å². The highest BCUT2D eigenvalue weighted by Crippen LogP contribution is 2.14. The van der Waals surface area contributed by atoms with Crippen molar-refractivity contribution in [3.8, 4) is 11.6 Å². The molecule has 0 saturated carbocycles. The fraction of sp³-hybridized carbons (Fsp3) is 0.133. The quantitative estimate of drug-likeness (QED) is 0.617. The molecule has 3 heterocycles. The first kappa shape index (κ1) is 15.4. The van der Waals surface area contributed by atoms with Crippen molar-refractivity contribution >= 4 is 11.9 Å². The Kier molecular flexibility index (Phi) is 4.32. The van der Waals surface area contributed by atoms with Gasteiger partial charge in [0.25, 0.3) is 5.91 Å². The molecule has 0 bridgehead atoms. The number of aromatic nitrogens is 4. The first-order valence-corrected chi connectivity index (χ1v) is 7.07. The van der Waals surface area contributed by atoms with Gasteiger partial charge in [-0.3, -0.25) is 9.89 Å². The smallest absolute Gasteiger partial charge is 0.354 e. The van der Waals surface area contributed by atoms with Crippen LogP contribution in [0.25, 0.3) is 11.6 Å². The summed E-state index contributed by atoms with van der Waals surface area (Å²) in [7, 11) is 0. The van der Waals surface area contributed by atoms with E-state index in [1.54, 1.807) is 12.1 Å². The lowest BCUT2D eigenvalue weighted by Gasteiger charge is -2.03. The van der Waals surface area contributed by atoms with E-state index in [2.05, 4.69) is 25.5 Å². The summed E-state index contributed by atoms with van der Waals surface area (Å²) >= 11 is 0. The Hall–Kier alpha value is -3.49. The first-order valence-electron chi connectivity index (χ1n) is 7.07. The average Bonchev–Trinajstić information content (AvgIpc) is 3.26. The highest BCUT2D eigenvalue weighted by Gasteiger charge is 2.12. The second-order valence-electron chi connectivity index (χ2n) is 4.80. The van der Waals surface area contributed by atoms with Crippen molar-refractivity contribution in [2.24, 2.45) is 0 Å². The number of pyridine rings is 1. The number of carboxylic acids is 1. The van der Waals surface area contributed by atoms with E-state index in [4.69, 9.17) is 9.52 Å². The maximum atomic E-state index is 12.0. The van der Waals surface area contributed by atoms with Crippen LogP contribution in [0.4, 0.5) is 0 Å². The third kappa shape index (κ3) is 3.46. The fourth-order valence-electron chi connectivity index (χ4n) is 1.99. The molecule has 0 aliphatic rings. The molecule has 3 aromatic heterocycles. The van der Waals surface area contributed by atoms with Crippen molar-refractivity contribution < 1.29 is 19.1 Å². The Balaban J connectivity index is 1.55. The molecule has 0 aliphatic carbocycles. The van der Waals surface area contributed by atoms with Gasteiger partial charge in [0.2, 0.25) is 5.82 Å². The van der Waals surface area contributed by atoms with Crippen LogP contribution < -0.4 is 5.32 Å². The Morgan fingerprint density at radius 3 is 2.75 bits per heavy atom. The van der Waals surface area contributed by atoms with Gasteiger partial charge in [0.15, 0.2) is 5.76 Å². The van der Waals surface area contributed by atoms with E-state index in [0.717, 1.165) is 0 Å². The number of carboxylic acid groups (broad SMARTS) is 1. The summed E-state index contributed by atoms with van der Waals surface area (Å²) < 4.78 is 5.19. The molecule has 3 aromatic rings. The lowest BCUT2D eigenvalue weighted by atomic mass is 10.3. The number of H-pyrrole nitrogens is 1. The summed E-state index contributed by atoms with van der Waals surface area (Å²) in [6.07, 6.45) is 1.96. The van der Waals surface area contributed by atoms with Crippen LogP contribution in [0.15, 0.2) is 41.0 Å². The third-order valence-corrected chi connectivity index (χ3v) is 3.12. The number of carbonyl (C=O) groups is 2. The lowest BCUT2D eigenvalue weighted by molar-refractivity contribution is 0.0690. The summed E-state index contributed by atoms with van der Waals surface area (Å²) in [6.45, 7) is 0.296. The SMILES string of the molecule is O=C(O)c1cccc(C(=O)NCCc2nc(-c3ccco3)n[nH]2)n1. The van der Waals surface area contributed by atoms with Gasteiger partial charge in [-0.1, -0.05) is 6.07 Å². The fourth-order valence-corrected chi connectivity index (χ4v) is 1.99. The number of aromatic carboxylic acids is 1. The van der Waals surface area contributed by atoms with E-state index in [0.29, 0.717) is 30.4 Å². The Morgan fingerprint density at radius 2 is 2.00 bits per heavy atom. The van der Waals surface area contributed by atoms with Gasteiger partial charge in [0, 0.05) is 13.0 Å². The molecule has 122 valence electrons. The highest BCUT2D eigenvalue weighted by atomic mass is 16.4. The number of furan rings is 1. The van der Waals surface area contributed by atoms with E-state index in [-0.39, 0.29) is 11.4 Å². The van der Waals surface area contributed by atoms with Gasteiger partial charge in [0.05, 0.1) is 6.26 Å². The van der Waals surface area contributed by atoms with Gasteiger partial charge in [-0.2, -0.15) is 5.10 Å². The molecule has 3 rings (SSSR count). The maximum absolute atomic E-state index is 12.0. The van der Waals surface area contributed by atoms with Gasteiger partial charge in [0.1, 0.15) is 17.2 Å². The predicted molar refractivity (Wildman–Crippen MR) is 81.3 cm³/mol. The van der Waals surface area contributed by atoms with E-state index < -0.39 is 11.9 Å². The largest absolute Gasteiger partial charge is 0.477 e. The number of rotatable bonds is 6. The number of carbonyl (C=O) groups excluding carboxylic acids is 1. The molecule has 9 nitrogen and oxygen atoms in total. The van der Waals surface area contributed by atoms with Crippen molar-refractivity contribution in [1.82, 2.24) is 25.5 Å². The first-order chi connectivity index (χ1) is 11.6. The van der Waals surface area contributed by atoms with E-state index >= 15 is 0 Å². The highest BCUT2D eigenvalue weighted by molar-refractivity contribution is 5.94. The Bertz CT molecular complexity index is 856. The van der Waals surface area contributed by atoms with Crippen LogP contribution >= 0.6 is 0 Å². The molecule has 0 spiro atoms. The van der Waals surface area contributed by atoms with Crippen LogP contribution in [0.3, 0.4) is 0 Å². The summed E-state index contributed by atoms with van der Waals surface area (Å²) in [6, 6.07) is 7.73. The van der Waals surface area contributed by atoms with Gasteiger partial charge in [-0.15, -0.1) is 0 Å². The Labute approximate surface area is 135 Å². The second-order valence-corrected chi connectivity index (χ2v) is 4.80. The van der Waals surface area contributed by atoms with Crippen LogP contribution in [0, 0.1) is 0 Å². The van der Waals surface area contributed by atoms with Gasteiger partial charge < -0.3 is 14.8 Å². The van der Waals surface area contributed by atoms with Crippen molar-refractivity contribution in [2.45, 2.75) is 6.42 Å². The standard InChI is InChI=1S/C15H13N5O4/c21-14(9-3-1-4-10(17-9)15(22)23)16-7-6-12-18-13(20-19-12)11-5-2-8-24-11/h1-5,8H,6-7H2,(H,16,21)(H,22,23)(H,18,19,20). The number of amides is 1. The maximum Gasteiger partial charge on any atom is 0.354 e. The van der Waals surface area contributed by atoms with E-state index in [1.165, 1.54) is 24.5 Å². The zero-order valence-corrected chi connectivity index (χ0v) is 12.4. The van der Waals surface area contributed by atoms with Crippen LogP contribution in [-0.2, 0) is 6.42 Å². The van der Waals surface area contributed by atoms with Crippen molar-refractivity contribution in [2.75, 3.05) is 6.54 Å². The van der Waals surface area contributed by atoms with Crippen molar-refractivity contribution in [1.29, 1.82) is 0 Å². The lowest BCUT2D eigenvalue weighted by Crippen LogP contribution is -2.27. The van der Waals surface area contributed by atoms with Gasteiger partial charge in [-0.05, 0) is 24.3 Å². The monoisotopic (exact) mass is 327 g/mol. The van der Waals surface area contributed by atoms with Crippen molar-refractivity contribution in [3.05, 3.63) is 53.8 Å². The summed E-state index contributed by atoms with van der Waals surface area (Å²) in [5, 5.41) is 18.3. The molecule has 0 saturated heterocycles. The number of hydrogen-bond donors (Lipinski definition) is 3. The molecular weight excluding hydrogens is 314 g/mol. The second kappa shape index (κ2) is 6.73. The molecule has 3 N–H and O–H groups in total. The predicted octanol–water partition coefficient (Wildman–Crippen LogP) is 1.13. The molecule has 0 aromatic carbocycles. The number of nitrogens with one attached hydrogen (secondary N) is 2. The molecule has 0 radical (unpaired) electrons. The number of aromatic amines is 1. The normalized spacial score (nSPS) is 10.5. The number of nitrogens with zero attached hydrogens (tertiary/aromatic N) is 3. The van der Waals surface area contributed by atoms with E-state index in [1.807, 2.05) is 0 Å². The van der Waals surface area contributed by atoms with Crippen LogP contribution in [0.5, 0.6) is 0 Å². The molecule has 0 aliphatic heterocycles. The minimum atomic E-state index is -1.18. The minimum Gasteiger partial charge on any atom is -0.477 e. The van der Waals surface area contributed by atoms with Gasteiger partial charge >= 0.3 is 5.97 Å². The molecule has 0 fully saturated rings. The molecular formula is C15H13N5O4. The Morgan fingerprint density at radius 1 is 1.17 bits per heavy atom. The summed E-state index contributed by atoms with van der Waals surface area (Å²) in [5.41, 5.74) is -0.135.